The molecule has 0 aliphatic heterocycles. The number of benzene rings is 1. The quantitative estimate of drug-likeness (QED) is 0.594. The van der Waals surface area contributed by atoms with Crippen LogP contribution >= 0.6 is 11.6 Å². The molecule has 0 aliphatic carbocycles. The van der Waals surface area contributed by atoms with Gasteiger partial charge in [-0.15, -0.1) is 0 Å². The van der Waals surface area contributed by atoms with Crippen LogP contribution in [0, 0.1) is 17.0 Å². The lowest BCUT2D eigenvalue weighted by Crippen LogP contribution is -1.92. The first-order valence-electron chi connectivity index (χ1n) is 4.33. The van der Waals surface area contributed by atoms with Crippen LogP contribution in [-0.2, 0) is 0 Å². The average molecular weight is 240 g/mol. The molecule has 0 spiro atoms. The Balaban J connectivity index is 2.67. The Labute approximate surface area is 95.0 Å². The minimum atomic E-state index is -0.541. The molecule has 1 heterocycles. The van der Waals surface area contributed by atoms with Crippen molar-refractivity contribution in [2.75, 3.05) is 0 Å². The fraction of sp³-hybridized carbons (Fsp3) is 0.111. The van der Waals surface area contributed by atoms with Gasteiger partial charge in [0.1, 0.15) is 5.56 Å². The summed E-state index contributed by atoms with van der Waals surface area (Å²) < 4.78 is 4.87. The lowest BCUT2D eigenvalue weighted by molar-refractivity contribution is -0.384. The van der Waals surface area contributed by atoms with Crippen molar-refractivity contribution in [1.82, 2.24) is 10.1 Å². The fourth-order valence-electron chi connectivity index (χ4n) is 1.28. The molecule has 0 aliphatic rings. The van der Waals surface area contributed by atoms with Crippen LogP contribution in [0.3, 0.4) is 0 Å². The molecule has 6 nitrogen and oxygen atoms in total. The molecule has 2 aromatic rings. The van der Waals surface area contributed by atoms with Gasteiger partial charge in [-0.1, -0.05) is 22.8 Å². The van der Waals surface area contributed by atoms with Crippen molar-refractivity contribution in [1.29, 1.82) is 0 Å². The number of hydrogen-bond donors (Lipinski definition) is 0. The van der Waals surface area contributed by atoms with E-state index < -0.39 is 4.92 Å². The van der Waals surface area contributed by atoms with E-state index in [-0.39, 0.29) is 22.2 Å². The fourth-order valence-corrected chi connectivity index (χ4v) is 1.53. The van der Waals surface area contributed by atoms with E-state index in [0.29, 0.717) is 5.82 Å². The third-order valence-electron chi connectivity index (χ3n) is 1.93. The first-order chi connectivity index (χ1) is 7.59. The van der Waals surface area contributed by atoms with Crippen molar-refractivity contribution in [2.45, 2.75) is 6.92 Å². The molecule has 0 unspecified atom stereocenters. The highest BCUT2D eigenvalue weighted by atomic mass is 35.5. The molecule has 16 heavy (non-hydrogen) atoms. The Morgan fingerprint density at radius 1 is 1.50 bits per heavy atom. The maximum absolute atomic E-state index is 10.8. The molecule has 0 N–H and O–H groups in total. The van der Waals surface area contributed by atoms with Crippen LogP contribution in [0.4, 0.5) is 5.69 Å². The standard InChI is InChI=1S/C9H6ClN3O3/c1-5-11-9(16-12-5)8-6(10)3-2-4-7(8)13(14)15/h2-4H,1H3. The zero-order valence-corrected chi connectivity index (χ0v) is 8.93. The van der Waals surface area contributed by atoms with E-state index in [1.165, 1.54) is 18.2 Å². The summed E-state index contributed by atoms with van der Waals surface area (Å²) in [6.07, 6.45) is 0. The zero-order chi connectivity index (χ0) is 11.7. The van der Waals surface area contributed by atoms with Crippen molar-refractivity contribution in [2.24, 2.45) is 0 Å². The third kappa shape index (κ3) is 1.74. The minimum absolute atomic E-state index is 0.0507. The molecule has 0 radical (unpaired) electrons. The van der Waals surface area contributed by atoms with Crippen molar-refractivity contribution in [3.8, 4) is 11.5 Å². The van der Waals surface area contributed by atoms with Crippen LogP contribution in [0.5, 0.6) is 0 Å². The second-order valence-corrected chi connectivity index (χ2v) is 3.45. The molecule has 1 aromatic carbocycles. The van der Waals surface area contributed by atoms with Gasteiger partial charge in [0.2, 0.25) is 0 Å². The smallest absolute Gasteiger partial charge is 0.283 e. The van der Waals surface area contributed by atoms with Crippen LogP contribution in [0.25, 0.3) is 11.5 Å². The number of hydrogen-bond acceptors (Lipinski definition) is 5. The van der Waals surface area contributed by atoms with Crippen LogP contribution in [0.1, 0.15) is 5.82 Å². The largest absolute Gasteiger partial charge is 0.334 e. The molecule has 0 saturated heterocycles. The number of aryl methyl sites for hydroxylation is 1. The number of nitro benzene ring substituents is 1. The predicted octanol–water partition coefficient (Wildman–Crippen LogP) is 2.61. The van der Waals surface area contributed by atoms with Gasteiger partial charge in [0.05, 0.1) is 9.95 Å². The summed E-state index contributed by atoms with van der Waals surface area (Å²) in [4.78, 5) is 14.2. The maximum atomic E-state index is 10.8. The zero-order valence-electron chi connectivity index (χ0n) is 8.18. The van der Waals surface area contributed by atoms with Crippen molar-refractivity contribution in [3.05, 3.63) is 39.2 Å². The first-order valence-corrected chi connectivity index (χ1v) is 4.71. The van der Waals surface area contributed by atoms with E-state index in [9.17, 15) is 10.1 Å². The number of aromatic nitrogens is 2. The van der Waals surface area contributed by atoms with Crippen LogP contribution in [0.15, 0.2) is 22.7 Å². The predicted molar refractivity (Wildman–Crippen MR) is 56.1 cm³/mol. The number of rotatable bonds is 2. The Hall–Kier alpha value is -1.95. The summed E-state index contributed by atoms with van der Waals surface area (Å²) >= 11 is 5.89. The molecule has 0 bridgehead atoms. The Morgan fingerprint density at radius 2 is 2.25 bits per heavy atom. The lowest BCUT2D eigenvalue weighted by atomic mass is 10.2. The van der Waals surface area contributed by atoms with Gasteiger partial charge < -0.3 is 4.52 Å². The molecule has 7 heteroatoms. The summed E-state index contributed by atoms with van der Waals surface area (Å²) in [5.41, 5.74) is -0.00841. The molecular formula is C9H6ClN3O3. The van der Waals surface area contributed by atoms with Gasteiger partial charge >= 0.3 is 0 Å². The summed E-state index contributed by atoms with van der Waals surface area (Å²) in [5, 5.41) is 14.6. The number of nitro groups is 1. The van der Waals surface area contributed by atoms with E-state index in [2.05, 4.69) is 10.1 Å². The second-order valence-electron chi connectivity index (χ2n) is 3.04. The van der Waals surface area contributed by atoms with E-state index in [4.69, 9.17) is 16.1 Å². The molecule has 0 fully saturated rings. The molecule has 1 aromatic heterocycles. The highest BCUT2D eigenvalue weighted by molar-refractivity contribution is 6.33. The summed E-state index contributed by atoms with van der Waals surface area (Å²) in [6, 6.07) is 4.36. The van der Waals surface area contributed by atoms with Gasteiger partial charge in [-0.05, 0) is 13.0 Å². The summed E-state index contributed by atoms with van der Waals surface area (Å²) in [6.45, 7) is 1.62. The van der Waals surface area contributed by atoms with Gasteiger partial charge in [0, 0.05) is 6.07 Å². The van der Waals surface area contributed by atoms with Gasteiger partial charge in [-0.3, -0.25) is 10.1 Å². The van der Waals surface area contributed by atoms with Crippen molar-refractivity contribution in [3.63, 3.8) is 0 Å². The number of nitrogens with zero attached hydrogens (tertiary/aromatic N) is 3. The summed E-state index contributed by atoms with van der Waals surface area (Å²) in [5.74, 6) is 0.444. The normalized spacial score (nSPS) is 10.4. The average Bonchev–Trinajstić information content (AvgIpc) is 2.64. The highest BCUT2D eigenvalue weighted by Crippen LogP contribution is 2.34. The van der Waals surface area contributed by atoms with Crippen LogP contribution in [-0.4, -0.2) is 15.1 Å². The van der Waals surface area contributed by atoms with Crippen molar-refractivity contribution < 1.29 is 9.45 Å². The Kier molecular flexibility index (Phi) is 2.57. The minimum Gasteiger partial charge on any atom is -0.334 e. The third-order valence-corrected chi connectivity index (χ3v) is 2.24. The Morgan fingerprint density at radius 3 is 2.81 bits per heavy atom. The van der Waals surface area contributed by atoms with E-state index in [1.54, 1.807) is 6.92 Å². The van der Waals surface area contributed by atoms with Crippen LogP contribution in [0.2, 0.25) is 5.02 Å². The van der Waals surface area contributed by atoms with E-state index in [0.717, 1.165) is 0 Å². The molecule has 0 amide bonds. The van der Waals surface area contributed by atoms with Crippen LogP contribution < -0.4 is 0 Å². The molecule has 0 saturated carbocycles. The molecule has 0 atom stereocenters. The lowest BCUT2D eigenvalue weighted by Gasteiger charge is -1.99. The molecular weight excluding hydrogens is 234 g/mol. The van der Waals surface area contributed by atoms with Gasteiger partial charge in [-0.25, -0.2) is 0 Å². The van der Waals surface area contributed by atoms with E-state index in [1.807, 2.05) is 0 Å². The second kappa shape index (κ2) is 3.90. The topological polar surface area (TPSA) is 82.1 Å². The van der Waals surface area contributed by atoms with E-state index >= 15 is 0 Å². The monoisotopic (exact) mass is 239 g/mol. The van der Waals surface area contributed by atoms with Gasteiger partial charge in [-0.2, -0.15) is 4.98 Å². The van der Waals surface area contributed by atoms with Gasteiger partial charge in [0.25, 0.3) is 11.6 Å². The van der Waals surface area contributed by atoms with Gasteiger partial charge in [0.15, 0.2) is 5.82 Å². The highest BCUT2D eigenvalue weighted by Gasteiger charge is 2.22. The number of halogens is 1. The Bertz CT molecular complexity index is 553. The SMILES string of the molecule is Cc1noc(-c2c(Cl)cccc2[N+](=O)[O-])n1. The van der Waals surface area contributed by atoms with Crippen molar-refractivity contribution >= 4 is 17.3 Å². The molecule has 2 rings (SSSR count). The maximum Gasteiger partial charge on any atom is 0.283 e. The molecule has 82 valence electrons. The summed E-state index contributed by atoms with van der Waals surface area (Å²) in [7, 11) is 0. The first kappa shape index (κ1) is 10.6.